The summed E-state index contributed by atoms with van der Waals surface area (Å²) in [4.78, 5) is 16.0. The van der Waals surface area contributed by atoms with Crippen LogP contribution in [0, 0.1) is 6.92 Å². The molecular weight excluding hydrogens is 272 g/mol. The molecule has 1 aromatic heterocycles. The number of carbonyl (C=O) groups is 1. The van der Waals surface area contributed by atoms with Crippen molar-refractivity contribution in [3.63, 3.8) is 0 Å². The number of aromatic carboxylic acids is 1. The molecule has 6 heteroatoms. The second kappa shape index (κ2) is 5.37. The van der Waals surface area contributed by atoms with E-state index in [4.69, 9.17) is 16.7 Å². The van der Waals surface area contributed by atoms with Gasteiger partial charge in [-0.05, 0) is 25.1 Å². The van der Waals surface area contributed by atoms with Gasteiger partial charge < -0.3 is 10.4 Å². The summed E-state index contributed by atoms with van der Waals surface area (Å²) in [5, 5.41) is 13.4. The van der Waals surface area contributed by atoms with Crippen molar-refractivity contribution in [1.82, 2.24) is 4.98 Å². The molecule has 0 aliphatic heterocycles. The Kier molecular flexibility index (Phi) is 3.84. The lowest BCUT2D eigenvalue weighted by atomic mass is 10.2. The van der Waals surface area contributed by atoms with Gasteiger partial charge in [-0.2, -0.15) is 0 Å². The number of halogens is 1. The van der Waals surface area contributed by atoms with E-state index in [1.807, 2.05) is 13.1 Å². The SMILES string of the molecule is Cc1ncc(CNc2ccc(C(=O)O)cc2Cl)s1. The van der Waals surface area contributed by atoms with E-state index in [9.17, 15) is 4.79 Å². The van der Waals surface area contributed by atoms with E-state index in [-0.39, 0.29) is 5.56 Å². The van der Waals surface area contributed by atoms with Gasteiger partial charge in [0.1, 0.15) is 0 Å². The number of benzene rings is 1. The minimum atomic E-state index is -0.985. The van der Waals surface area contributed by atoms with Gasteiger partial charge in [-0.1, -0.05) is 11.6 Å². The third-order valence-corrected chi connectivity index (χ3v) is 3.56. The van der Waals surface area contributed by atoms with E-state index in [2.05, 4.69) is 10.3 Å². The molecular formula is C12H11ClN2O2S. The average molecular weight is 283 g/mol. The summed E-state index contributed by atoms with van der Waals surface area (Å²) in [6.45, 7) is 2.57. The predicted molar refractivity (Wildman–Crippen MR) is 72.6 cm³/mol. The smallest absolute Gasteiger partial charge is 0.335 e. The molecule has 0 atom stereocenters. The van der Waals surface area contributed by atoms with Crippen LogP contribution < -0.4 is 5.32 Å². The molecule has 0 fully saturated rings. The second-order valence-electron chi connectivity index (χ2n) is 3.70. The van der Waals surface area contributed by atoms with Crippen molar-refractivity contribution in [1.29, 1.82) is 0 Å². The first-order chi connectivity index (χ1) is 8.56. The van der Waals surface area contributed by atoms with Crippen LogP contribution in [0.1, 0.15) is 20.2 Å². The molecule has 0 radical (unpaired) electrons. The molecule has 4 nitrogen and oxygen atoms in total. The standard InChI is InChI=1S/C12H11ClN2O2S/c1-7-14-5-9(18-7)6-15-11-3-2-8(12(16)17)4-10(11)13/h2-5,15H,6H2,1H3,(H,16,17). The lowest BCUT2D eigenvalue weighted by molar-refractivity contribution is 0.0697. The van der Waals surface area contributed by atoms with Gasteiger partial charge in [0.15, 0.2) is 0 Å². The van der Waals surface area contributed by atoms with Crippen molar-refractivity contribution in [3.8, 4) is 0 Å². The summed E-state index contributed by atoms with van der Waals surface area (Å²) in [6.07, 6.45) is 1.81. The van der Waals surface area contributed by atoms with Crippen LogP contribution in [0.2, 0.25) is 5.02 Å². The van der Waals surface area contributed by atoms with Gasteiger partial charge >= 0.3 is 5.97 Å². The Bertz CT molecular complexity index is 583. The maximum Gasteiger partial charge on any atom is 0.335 e. The molecule has 0 aliphatic carbocycles. The highest BCUT2D eigenvalue weighted by molar-refractivity contribution is 7.11. The number of hydrogen-bond donors (Lipinski definition) is 2. The van der Waals surface area contributed by atoms with Crippen molar-refractivity contribution in [2.24, 2.45) is 0 Å². The van der Waals surface area contributed by atoms with E-state index in [1.54, 1.807) is 17.4 Å². The third kappa shape index (κ3) is 3.00. The first-order valence-corrected chi connectivity index (χ1v) is 6.44. The van der Waals surface area contributed by atoms with E-state index in [0.717, 1.165) is 9.88 Å². The molecule has 2 N–H and O–H groups in total. The quantitative estimate of drug-likeness (QED) is 0.902. The fourth-order valence-corrected chi connectivity index (χ4v) is 2.44. The molecule has 94 valence electrons. The number of carboxylic acid groups (broad SMARTS) is 1. The van der Waals surface area contributed by atoms with E-state index >= 15 is 0 Å². The first kappa shape index (κ1) is 12.9. The highest BCUT2D eigenvalue weighted by Crippen LogP contribution is 2.24. The van der Waals surface area contributed by atoms with Gasteiger partial charge in [-0.3, -0.25) is 0 Å². The molecule has 0 bridgehead atoms. The van der Waals surface area contributed by atoms with Crippen LogP contribution in [0.5, 0.6) is 0 Å². The predicted octanol–water partition coefficient (Wildman–Crippen LogP) is 3.42. The fraction of sp³-hybridized carbons (Fsp3) is 0.167. The molecule has 0 amide bonds. The summed E-state index contributed by atoms with van der Waals surface area (Å²) >= 11 is 7.62. The number of carboxylic acids is 1. The molecule has 2 aromatic rings. The molecule has 0 aliphatic rings. The number of aromatic nitrogens is 1. The minimum Gasteiger partial charge on any atom is -0.478 e. The number of aryl methyl sites for hydroxylation is 1. The van der Waals surface area contributed by atoms with Crippen molar-refractivity contribution >= 4 is 34.6 Å². The van der Waals surface area contributed by atoms with E-state index < -0.39 is 5.97 Å². The van der Waals surface area contributed by atoms with Crippen LogP contribution in [-0.4, -0.2) is 16.1 Å². The Morgan fingerprint density at radius 2 is 2.33 bits per heavy atom. The number of nitrogens with one attached hydrogen (secondary N) is 1. The van der Waals surface area contributed by atoms with Gasteiger partial charge in [0.25, 0.3) is 0 Å². The summed E-state index contributed by atoms with van der Waals surface area (Å²) in [7, 11) is 0. The maximum absolute atomic E-state index is 10.8. The van der Waals surface area contributed by atoms with Crippen molar-refractivity contribution < 1.29 is 9.90 Å². The molecule has 0 saturated carbocycles. The summed E-state index contributed by atoms with van der Waals surface area (Å²) < 4.78 is 0. The molecule has 1 aromatic carbocycles. The van der Waals surface area contributed by atoms with E-state index in [1.165, 1.54) is 12.1 Å². The van der Waals surface area contributed by atoms with Crippen molar-refractivity contribution in [2.75, 3.05) is 5.32 Å². The monoisotopic (exact) mass is 282 g/mol. The molecule has 0 unspecified atom stereocenters. The zero-order chi connectivity index (χ0) is 13.1. The Morgan fingerprint density at radius 3 is 2.89 bits per heavy atom. The van der Waals surface area contributed by atoms with Gasteiger partial charge in [0.2, 0.25) is 0 Å². The van der Waals surface area contributed by atoms with Crippen molar-refractivity contribution in [3.05, 3.63) is 44.9 Å². The summed E-state index contributed by atoms with van der Waals surface area (Å²) in [5.41, 5.74) is 0.895. The highest BCUT2D eigenvalue weighted by Gasteiger charge is 2.07. The largest absolute Gasteiger partial charge is 0.478 e. The molecule has 0 spiro atoms. The zero-order valence-corrected chi connectivity index (χ0v) is 11.2. The van der Waals surface area contributed by atoms with Gasteiger partial charge in [0.05, 0.1) is 27.8 Å². The van der Waals surface area contributed by atoms with Gasteiger partial charge in [0, 0.05) is 11.1 Å². The summed E-state index contributed by atoms with van der Waals surface area (Å²) in [6, 6.07) is 4.62. The van der Waals surface area contributed by atoms with Crippen LogP contribution >= 0.6 is 22.9 Å². The van der Waals surface area contributed by atoms with Crippen LogP contribution in [0.3, 0.4) is 0 Å². The lowest BCUT2D eigenvalue weighted by Gasteiger charge is -2.07. The van der Waals surface area contributed by atoms with E-state index in [0.29, 0.717) is 17.3 Å². The van der Waals surface area contributed by atoms with Crippen LogP contribution in [0.25, 0.3) is 0 Å². The van der Waals surface area contributed by atoms with Crippen molar-refractivity contribution in [2.45, 2.75) is 13.5 Å². The van der Waals surface area contributed by atoms with Crippen LogP contribution in [0.4, 0.5) is 5.69 Å². The average Bonchev–Trinajstić information content (AvgIpc) is 2.73. The Balaban J connectivity index is 2.08. The molecule has 2 rings (SSSR count). The Morgan fingerprint density at radius 1 is 1.56 bits per heavy atom. The second-order valence-corrected chi connectivity index (χ2v) is 5.43. The highest BCUT2D eigenvalue weighted by atomic mass is 35.5. The zero-order valence-electron chi connectivity index (χ0n) is 9.61. The van der Waals surface area contributed by atoms with Crippen LogP contribution in [0.15, 0.2) is 24.4 Å². The number of thiazole rings is 1. The Labute approximate surface area is 113 Å². The molecule has 1 heterocycles. The maximum atomic E-state index is 10.8. The number of rotatable bonds is 4. The lowest BCUT2D eigenvalue weighted by Crippen LogP contribution is -2.00. The fourth-order valence-electron chi connectivity index (χ4n) is 1.46. The molecule has 18 heavy (non-hydrogen) atoms. The number of nitrogens with zero attached hydrogens (tertiary/aromatic N) is 1. The first-order valence-electron chi connectivity index (χ1n) is 5.24. The normalized spacial score (nSPS) is 10.3. The Hall–Kier alpha value is -1.59. The number of hydrogen-bond acceptors (Lipinski definition) is 4. The minimum absolute atomic E-state index is 0.180. The van der Waals surface area contributed by atoms with Crippen LogP contribution in [-0.2, 0) is 6.54 Å². The van der Waals surface area contributed by atoms with Gasteiger partial charge in [-0.25, -0.2) is 9.78 Å². The van der Waals surface area contributed by atoms with Gasteiger partial charge in [-0.15, -0.1) is 11.3 Å². The summed E-state index contributed by atoms with van der Waals surface area (Å²) in [5.74, 6) is -0.985. The number of anilines is 1. The topological polar surface area (TPSA) is 62.2 Å². The third-order valence-electron chi connectivity index (χ3n) is 2.34. The molecule has 0 saturated heterocycles.